The van der Waals surface area contributed by atoms with Crippen molar-refractivity contribution >= 4 is 5.91 Å². The average molecular weight is 317 g/mol. The predicted molar refractivity (Wildman–Crippen MR) is 82.2 cm³/mol. The summed E-state index contributed by atoms with van der Waals surface area (Å²) in [5.74, 6) is 1.93. The van der Waals surface area contributed by atoms with E-state index in [0.717, 1.165) is 17.1 Å². The Morgan fingerprint density at radius 2 is 2.13 bits per heavy atom. The molecule has 3 rings (SSSR count). The number of aliphatic hydroxyl groups is 1. The van der Waals surface area contributed by atoms with Crippen molar-refractivity contribution in [2.75, 3.05) is 13.3 Å². The van der Waals surface area contributed by atoms with Gasteiger partial charge in [-0.2, -0.15) is 0 Å². The first kappa shape index (κ1) is 15.4. The second-order valence-corrected chi connectivity index (χ2v) is 5.36. The maximum absolute atomic E-state index is 11.8. The van der Waals surface area contributed by atoms with Crippen molar-refractivity contribution in [2.24, 2.45) is 0 Å². The van der Waals surface area contributed by atoms with E-state index in [2.05, 4.69) is 5.32 Å². The number of fused-ring (bicyclic) bond motifs is 1. The second-order valence-electron chi connectivity index (χ2n) is 5.36. The predicted octanol–water partition coefficient (Wildman–Crippen LogP) is 2.18. The number of aliphatic hydroxyl groups excluding tert-OH is 1. The molecule has 1 aliphatic heterocycles. The molecule has 0 spiro atoms. The van der Waals surface area contributed by atoms with Gasteiger partial charge in [-0.3, -0.25) is 4.79 Å². The SMILES string of the molecule is O=C(CCc1ccc2c(c1)OCO2)NCCC(O)c1ccco1. The van der Waals surface area contributed by atoms with E-state index in [1.165, 1.54) is 6.26 Å². The van der Waals surface area contributed by atoms with Crippen LogP contribution in [-0.2, 0) is 11.2 Å². The third kappa shape index (κ3) is 4.04. The summed E-state index contributed by atoms with van der Waals surface area (Å²) in [6.45, 7) is 0.652. The van der Waals surface area contributed by atoms with Crippen molar-refractivity contribution in [1.29, 1.82) is 0 Å². The van der Waals surface area contributed by atoms with Crippen molar-refractivity contribution in [3.05, 3.63) is 47.9 Å². The Kier molecular flexibility index (Phi) is 4.83. The van der Waals surface area contributed by atoms with Gasteiger partial charge in [0.15, 0.2) is 11.5 Å². The highest BCUT2D eigenvalue weighted by Crippen LogP contribution is 2.32. The van der Waals surface area contributed by atoms with Crippen LogP contribution in [0.3, 0.4) is 0 Å². The largest absolute Gasteiger partial charge is 0.467 e. The first-order valence-corrected chi connectivity index (χ1v) is 7.59. The lowest BCUT2D eigenvalue weighted by atomic mass is 10.1. The molecule has 2 aromatic rings. The molecule has 122 valence electrons. The molecule has 6 heteroatoms. The molecule has 6 nitrogen and oxygen atoms in total. The molecule has 2 N–H and O–H groups in total. The molecule has 0 saturated heterocycles. The molecule has 1 atom stereocenters. The zero-order valence-corrected chi connectivity index (χ0v) is 12.7. The van der Waals surface area contributed by atoms with E-state index < -0.39 is 6.10 Å². The number of ether oxygens (including phenoxy) is 2. The Labute approximate surface area is 134 Å². The van der Waals surface area contributed by atoms with Crippen LogP contribution in [0.15, 0.2) is 41.0 Å². The fourth-order valence-corrected chi connectivity index (χ4v) is 2.41. The molecule has 1 aliphatic rings. The van der Waals surface area contributed by atoms with E-state index >= 15 is 0 Å². The molecule has 2 heterocycles. The highest BCUT2D eigenvalue weighted by molar-refractivity contribution is 5.76. The Morgan fingerprint density at radius 1 is 1.26 bits per heavy atom. The van der Waals surface area contributed by atoms with Crippen molar-refractivity contribution < 1.29 is 23.8 Å². The first-order valence-electron chi connectivity index (χ1n) is 7.59. The summed E-state index contributed by atoms with van der Waals surface area (Å²) in [5, 5.41) is 12.7. The minimum absolute atomic E-state index is 0.0469. The molecular weight excluding hydrogens is 298 g/mol. The van der Waals surface area contributed by atoms with E-state index in [1.54, 1.807) is 12.1 Å². The Bertz CT molecular complexity index is 653. The van der Waals surface area contributed by atoms with Gasteiger partial charge in [0.05, 0.1) is 6.26 Å². The van der Waals surface area contributed by atoms with E-state index in [0.29, 0.717) is 31.6 Å². The number of aryl methyl sites for hydroxylation is 1. The van der Waals surface area contributed by atoms with Crippen LogP contribution in [-0.4, -0.2) is 24.4 Å². The molecule has 0 aliphatic carbocycles. The summed E-state index contributed by atoms with van der Waals surface area (Å²) < 4.78 is 15.7. The van der Waals surface area contributed by atoms with Crippen LogP contribution in [0.25, 0.3) is 0 Å². The van der Waals surface area contributed by atoms with E-state index in [1.807, 2.05) is 18.2 Å². The van der Waals surface area contributed by atoms with E-state index in [-0.39, 0.29) is 12.7 Å². The molecule has 0 bridgehead atoms. The average Bonchev–Trinajstić information content (AvgIpc) is 3.23. The molecule has 23 heavy (non-hydrogen) atoms. The van der Waals surface area contributed by atoms with Gasteiger partial charge in [0.25, 0.3) is 0 Å². The number of furan rings is 1. The lowest BCUT2D eigenvalue weighted by Gasteiger charge is -2.09. The maximum atomic E-state index is 11.8. The van der Waals surface area contributed by atoms with Gasteiger partial charge in [-0.15, -0.1) is 0 Å². The van der Waals surface area contributed by atoms with E-state index in [4.69, 9.17) is 13.9 Å². The maximum Gasteiger partial charge on any atom is 0.231 e. The van der Waals surface area contributed by atoms with Crippen molar-refractivity contribution in [2.45, 2.75) is 25.4 Å². The second kappa shape index (κ2) is 7.19. The Morgan fingerprint density at radius 3 is 2.96 bits per heavy atom. The van der Waals surface area contributed by atoms with Gasteiger partial charge in [-0.1, -0.05) is 6.07 Å². The van der Waals surface area contributed by atoms with E-state index in [9.17, 15) is 9.90 Å². The van der Waals surface area contributed by atoms with Crippen LogP contribution in [0.5, 0.6) is 11.5 Å². The van der Waals surface area contributed by atoms with Crippen LogP contribution < -0.4 is 14.8 Å². The normalized spacial score (nSPS) is 13.8. The van der Waals surface area contributed by atoms with Gasteiger partial charge in [-0.25, -0.2) is 0 Å². The van der Waals surface area contributed by atoms with Crippen molar-refractivity contribution in [3.63, 3.8) is 0 Å². The molecule has 1 aromatic heterocycles. The summed E-state index contributed by atoms with van der Waals surface area (Å²) in [7, 11) is 0. The lowest BCUT2D eigenvalue weighted by Crippen LogP contribution is -2.25. The Hall–Kier alpha value is -2.47. The minimum Gasteiger partial charge on any atom is -0.467 e. The van der Waals surface area contributed by atoms with Crippen molar-refractivity contribution in [1.82, 2.24) is 5.32 Å². The van der Waals surface area contributed by atoms with Gasteiger partial charge in [-0.05, 0) is 42.7 Å². The number of carbonyl (C=O) groups excluding carboxylic acids is 1. The summed E-state index contributed by atoms with van der Waals surface area (Å²) in [5.41, 5.74) is 1.03. The van der Waals surface area contributed by atoms with Gasteiger partial charge in [0.2, 0.25) is 12.7 Å². The molecule has 1 amide bonds. The summed E-state index contributed by atoms with van der Waals surface area (Å²) in [6.07, 6.45) is 2.25. The topological polar surface area (TPSA) is 80.9 Å². The number of benzene rings is 1. The highest BCUT2D eigenvalue weighted by atomic mass is 16.7. The standard InChI is InChI=1S/C17H19NO5/c19-13(14-2-1-9-21-14)7-8-18-17(20)6-4-12-3-5-15-16(10-12)23-11-22-15/h1-3,5,9-10,13,19H,4,6-8,11H2,(H,18,20). The van der Waals surface area contributed by atoms with Crippen LogP contribution in [0.4, 0.5) is 0 Å². The van der Waals surface area contributed by atoms with Crippen LogP contribution in [0.2, 0.25) is 0 Å². The zero-order chi connectivity index (χ0) is 16.1. The third-order valence-corrected chi connectivity index (χ3v) is 3.69. The zero-order valence-electron chi connectivity index (χ0n) is 12.7. The minimum atomic E-state index is -0.695. The smallest absolute Gasteiger partial charge is 0.231 e. The molecule has 1 unspecified atom stereocenters. The molecule has 0 fully saturated rings. The molecular formula is C17H19NO5. The highest BCUT2D eigenvalue weighted by Gasteiger charge is 2.14. The monoisotopic (exact) mass is 317 g/mol. The van der Waals surface area contributed by atoms with Gasteiger partial charge in [0.1, 0.15) is 11.9 Å². The third-order valence-electron chi connectivity index (χ3n) is 3.69. The van der Waals surface area contributed by atoms with Gasteiger partial charge < -0.3 is 24.3 Å². The summed E-state index contributed by atoms with van der Waals surface area (Å²) in [6, 6.07) is 9.13. The number of nitrogens with one attached hydrogen (secondary N) is 1. The number of hydrogen-bond donors (Lipinski definition) is 2. The van der Waals surface area contributed by atoms with Crippen LogP contribution >= 0.6 is 0 Å². The van der Waals surface area contributed by atoms with Gasteiger partial charge >= 0.3 is 0 Å². The summed E-state index contributed by atoms with van der Waals surface area (Å²) >= 11 is 0. The number of rotatable bonds is 7. The number of amides is 1. The fourth-order valence-electron chi connectivity index (χ4n) is 2.41. The van der Waals surface area contributed by atoms with Gasteiger partial charge in [0, 0.05) is 13.0 Å². The molecule has 0 saturated carbocycles. The van der Waals surface area contributed by atoms with Crippen molar-refractivity contribution in [3.8, 4) is 11.5 Å². The van der Waals surface area contributed by atoms with Crippen LogP contribution in [0, 0.1) is 0 Å². The molecule has 1 aromatic carbocycles. The fraction of sp³-hybridized carbons (Fsp3) is 0.353. The number of carbonyl (C=O) groups is 1. The first-order chi connectivity index (χ1) is 11.2. The summed E-state index contributed by atoms with van der Waals surface area (Å²) in [4.78, 5) is 11.8. The lowest BCUT2D eigenvalue weighted by molar-refractivity contribution is -0.121. The number of hydrogen-bond acceptors (Lipinski definition) is 5. The van der Waals surface area contributed by atoms with Crippen LogP contribution in [0.1, 0.15) is 30.3 Å². The Balaban J connectivity index is 1.38. The molecule has 0 radical (unpaired) electrons. The quantitative estimate of drug-likeness (QED) is 0.818.